The van der Waals surface area contributed by atoms with Crippen molar-refractivity contribution in [3.63, 3.8) is 0 Å². The van der Waals surface area contributed by atoms with E-state index in [0.717, 1.165) is 30.3 Å². The maximum atomic E-state index is 9.85. The normalized spacial score (nSPS) is 25.2. The Morgan fingerprint density at radius 3 is 3.12 bits per heavy atom. The van der Waals surface area contributed by atoms with Crippen molar-refractivity contribution in [2.75, 3.05) is 31.7 Å². The smallest absolute Gasteiger partial charge is 0.205 e. The number of rotatable bonds is 4. The van der Waals surface area contributed by atoms with Gasteiger partial charge in [0, 0.05) is 38.2 Å². The standard InChI is InChI=1S/C11H19N3O2S/c1-8-3-5-14(7-9(8)15)11-12-10(13-17-11)4-6-16-2/h8-9,15H,3-7H2,1-2H3. The Morgan fingerprint density at radius 2 is 2.41 bits per heavy atom. The van der Waals surface area contributed by atoms with Crippen LogP contribution in [0.4, 0.5) is 5.13 Å². The van der Waals surface area contributed by atoms with Crippen molar-refractivity contribution in [2.24, 2.45) is 5.92 Å². The number of aliphatic hydroxyl groups excluding tert-OH is 1. The summed E-state index contributed by atoms with van der Waals surface area (Å²) >= 11 is 1.41. The lowest BCUT2D eigenvalue weighted by atomic mass is 9.96. The first-order valence-electron chi connectivity index (χ1n) is 5.95. The van der Waals surface area contributed by atoms with Gasteiger partial charge >= 0.3 is 0 Å². The molecular weight excluding hydrogens is 238 g/mol. The molecule has 17 heavy (non-hydrogen) atoms. The molecule has 2 atom stereocenters. The number of methoxy groups -OCH3 is 1. The van der Waals surface area contributed by atoms with Crippen molar-refractivity contribution in [2.45, 2.75) is 25.9 Å². The Kier molecular flexibility index (Phi) is 4.31. The number of anilines is 1. The highest BCUT2D eigenvalue weighted by atomic mass is 32.1. The number of hydrogen-bond donors (Lipinski definition) is 1. The average molecular weight is 257 g/mol. The van der Waals surface area contributed by atoms with Crippen molar-refractivity contribution in [1.29, 1.82) is 0 Å². The van der Waals surface area contributed by atoms with Crippen molar-refractivity contribution < 1.29 is 9.84 Å². The number of aromatic nitrogens is 2. The Bertz CT molecular complexity index is 358. The van der Waals surface area contributed by atoms with Crippen molar-refractivity contribution in [3.05, 3.63) is 5.82 Å². The fourth-order valence-electron chi connectivity index (χ4n) is 1.89. The molecule has 1 aliphatic rings. The highest BCUT2D eigenvalue weighted by molar-refractivity contribution is 7.09. The number of β-amino-alcohol motifs (C(OH)–C–C–N with tert-alkyl or cyclic N) is 1. The molecule has 0 bridgehead atoms. The Balaban J connectivity index is 1.95. The van der Waals surface area contributed by atoms with Crippen LogP contribution in [-0.4, -0.2) is 47.4 Å². The SMILES string of the molecule is COCCc1nsc(N2CCC(C)C(O)C2)n1. The molecule has 1 aliphatic heterocycles. The summed E-state index contributed by atoms with van der Waals surface area (Å²) in [5.41, 5.74) is 0. The highest BCUT2D eigenvalue weighted by Gasteiger charge is 2.26. The van der Waals surface area contributed by atoms with Gasteiger partial charge in [0.2, 0.25) is 5.13 Å². The average Bonchev–Trinajstić information content (AvgIpc) is 2.79. The van der Waals surface area contributed by atoms with E-state index in [-0.39, 0.29) is 6.10 Å². The number of ether oxygens (including phenoxy) is 1. The molecule has 0 aromatic carbocycles. The maximum Gasteiger partial charge on any atom is 0.205 e. The van der Waals surface area contributed by atoms with Gasteiger partial charge in [-0.05, 0) is 12.3 Å². The van der Waals surface area contributed by atoms with E-state index in [2.05, 4.69) is 21.2 Å². The molecular formula is C11H19N3O2S. The van der Waals surface area contributed by atoms with E-state index < -0.39 is 0 Å². The van der Waals surface area contributed by atoms with Crippen LogP contribution in [0.1, 0.15) is 19.2 Å². The number of piperidine rings is 1. The van der Waals surface area contributed by atoms with E-state index in [0.29, 0.717) is 19.1 Å². The van der Waals surface area contributed by atoms with Crippen LogP contribution in [-0.2, 0) is 11.2 Å². The second-order valence-electron chi connectivity index (χ2n) is 4.52. The lowest BCUT2D eigenvalue weighted by Gasteiger charge is -2.33. The minimum absolute atomic E-state index is 0.255. The molecule has 6 heteroatoms. The van der Waals surface area contributed by atoms with Gasteiger partial charge < -0.3 is 14.7 Å². The number of nitrogens with zero attached hydrogens (tertiary/aromatic N) is 3. The van der Waals surface area contributed by atoms with Gasteiger partial charge in [-0.2, -0.15) is 4.37 Å². The van der Waals surface area contributed by atoms with Gasteiger partial charge in [0.15, 0.2) is 0 Å². The maximum absolute atomic E-state index is 9.85. The van der Waals surface area contributed by atoms with Gasteiger partial charge in [-0.1, -0.05) is 6.92 Å². The molecule has 0 aliphatic carbocycles. The third kappa shape index (κ3) is 3.14. The number of hydrogen-bond acceptors (Lipinski definition) is 6. The monoisotopic (exact) mass is 257 g/mol. The highest BCUT2D eigenvalue weighted by Crippen LogP contribution is 2.24. The fraction of sp³-hybridized carbons (Fsp3) is 0.818. The lowest BCUT2D eigenvalue weighted by Crippen LogP contribution is -2.42. The molecule has 1 aromatic heterocycles. The fourth-order valence-corrected chi connectivity index (χ4v) is 2.64. The Labute approximate surface area is 106 Å². The molecule has 96 valence electrons. The molecule has 0 amide bonds. The van der Waals surface area contributed by atoms with E-state index in [9.17, 15) is 5.11 Å². The summed E-state index contributed by atoms with van der Waals surface area (Å²) < 4.78 is 9.30. The Morgan fingerprint density at radius 1 is 1.59 bits per heavy atom. The first-order valence-corrected chi connectivity index (χ1v) is 6.72. The zero-order chi connectivity index (χ0) is 12.3. The van der Waals surface area contributed by atoms with Crippen molar-refractivity contribution in [3.8, 4) is 0 Å². The topological polar surface area (TPSA) is 58.5 Å². The molecule has 5 nitrogen and oxygen atoms in total. The summed E-state index contributed by atoms with van der Waals surface area (Å²) in [6.45, 7) is 4.36. The van der Waals surface area contributed by atoms with Gasteiger partial charge in [0.05, 0.1) is 12.7 Å². The molecule has 2 unspecified atom stereocenters. The van der Waals surface area contributed by atoms with E-state index >= 15 is 0 Å². The molecule has 2 heterocycles. The molecule has 1 N–H and O–H groups in total. The summed E-state index contributed by atoms with van der Waals surface area (Å²) in [5, 5.41) is 10.8. The van der Waals surface area contributed by atoms with Crippen LogP contribution in [0, 0.1) is 5.92 Å². The molecule has 1 saturated heterocycles. The second kappa shape index (κ2) is 5.75. The summed E-state index contributed by atoms with van der Waals surface area (Å²) in [4.78, 5) is 6.60. The van der Waals surface area contributed by atoms with Crippen LogP contribution < -0.4 is 4.90 Å². The van der Waals surface area contributed by atoms with E-state index in [1.165, 1.54) is 11.5 Å². The lowest BCUT2D eigenvalue weighted by molar-refractivity contribution is 0.103. The van der Waals surface area contributed by atoms with Crippen LogP contribution >= 0.6 is 11.5 Å². The van der Waals surface area contributed by atoms with Crippen LogP contribution in [0.2, 0.25) is 0 Å². The summed E-state index contributed by atoms with van der Waals surface area (Å²) in [6, 6.07) is 0. The zero-order valence-corrected chi connectivity index (χ0v) is 11.1. The van der Waals surface area contributed by atoms with Gasteiger partial charge in [-0.3, -0.25) is 0 Å². The van der Waals surface area contributed by atoms with Gasteiger partial charge in [0.25, 0.3) is 0 Å². The van der Waals surface area contributed by atoms with Crippen LogP contribution in [0.3, 0.4) is 0 Å². The molecule has 2 rings (SSSR count). The summed E-state index contributed by atoms with van der Waals surface area (Å²) in [7, 11) is 1.68. The van der Waals surface area contributed by atoms with E-state index in [4.69, 9.17) is 4.74 Å². The van der Waals surface area contributed by atoms with Crippen LogP contribution in [0.5, 0.6) is 0 Å². The molecule has 1 aromatic rings. The third-order valence-corrected chi connectivity index (χ3v) is 3.99. The zero-order valence-electron chi connectivity index (χ0n) is 10.3. The quantitative estimate of drug-likeness (QED) is 0.869. The number of aliphatic hydroxyl groups is 1. The molecule has 0 saturated carbocycles. The minimum Gasteiger partial charge on any atom is -0.391 e. The van der Waals surface area contributed by atoms with Crippen LogP contribution in [0.25, 0.3) is 0 Å². The summed E-state index contributed by atoms with van der Waals surface area (Å²) in [5.74, 6) is 1.21. The van der Waals surface area contributed by atoms with Crippen molar-refractivity contribution in [1.82, 2.24) is 9.36 Å². The molecule has 0 spiro atoms. The second-order valence-corrected chi connectivity index (χ2v) is 5.25. The first kappa shape index (κ1) is 12.7. The predicted molar refractivity (Wildman–Crippen MR) is 67.5 cm³/mol. The van der Waals surface area contributed by atoms with Crippen molar-refractivity contribution >= 4 is 16.7 Å². The van der Waals surface area contributed by atoms with Crippen LogP contribution in [0.15, 0.2) is 0 Å². The minimum atomic E-state index is -0.255. The Hall–Kier alpha value is -0.720. The largest absolute Gasteiger partial charge is 0.391 e. The van der Waals surface area contributed by atoms with E-state index in [1.807, 2.05) is 0 Å². The third-order valence-electron chi connectivity index (χ3n) is 3.18. The van der Waals surface area contributed by atoms with Gasteiger partial charge in [-0.25, -0.2) is 4.98 Å². The van der Waals surface area contributed by atoms with Gasteiger partial charge in [-0.15, -0.1) is 0 Å². The van der Waals surface area contributed by atoms with E-state index in [1.54, 1.807) is 7.11 Å². The molecule has 1 fully saturated rings. The predicted octanol–water partition coefficient (Wildman–Crippen LogP) is 0.934. The molecule has 0 radical (unpaired) electrons. The van der Waals surface area contributed by atoms with Gasteiger partial charge in [0.1, 0.15) is 5.82 Å². The summed E-state index contributed by atoms with van der Waals surface area (Å²) in [6.07, 6.45) is 1.50. The first-order chi connectivity index (χ1) is 8.20.